The van der Waals surface area contributed by atoms with Gasteiger partial charge in [-0.3, -0.25) is 9.59 Å². The number of halogens is 2. The second kappa shape index (κ2) is 8.39. The van der Waals surface area contributed by atoms with Gasteiger partial charge in [0.2, 0.25) is 6.79 Å². The zero-order valence-corrected chi connectivity index (χ0v) is 19.4. The van der Waals surface area contributed by atoms with Gasteiger partial charge in [0.25, 0.3) is 11.8 Å². The molecule has 0 radical (unpaired) electrons. The molecule has 4 aromatic rings. The van der Waals surface area contributed by atoms with E-state index in [4.69, 9.17) is 26.8 Å². The van der Waals surface area contributed by atoms with Crippen LogP contribution in [0.1, 0.15) is 32.0 Å². The molecule has 0 spiro atoms. The summed E-state index contributed by atoms with van der Waals surface area (Å²) in [5.74, 6) is -0.516. The van der Waals surface area contributed by atoms with Crippen molar-refractivity contribution in [3.8, 4) is 28.4 Å². The Morgan fingerprint density at radius 2 is 1.78 bits per heavy atom. The average molecular weight is 505 g/mol. The van der Waals surface area contributed by atoms with Gasteiger partial charge in [0.1, 0.15) is 5.82 Å². The number of aromatic nitrogens is 2. The third kappa shape index (κ3) is 3.64. The fourth-order valence-corrected chi connectivity index (χ4v) is 4.81. The minimum absolute atomic E-state index is 0.0684. The number of benzene rings is 3. The lowest BCUT2D eigenvalue weighted by molar-refractivity contribution is 0.0992. The van der Waals surface area contributed by atoms with Crippen molar-refractivity contribution >= 4 is 29.1 Å². The number of primary amides is 1. The molecule has 0 atom stereocenters. The molecule has 1 aliphatic heterocycles. The first kappa shape index (κ1) is 22.1. The third-order valence-electron chi connectivity index (χ3n) is 6.26. The summed E-state index contributed by atoms with van der Waals surface area (Å²) in [5.41, 5.74) is 10.3. The first-order valence-electron chi connectivity index (χ1n) is 11.1. The summed E-state index contributed by atoms with van der Waals surface area (Å²) in [4.78, 5) is 25.2. The molecule has 0 saturated carbocycles. The predicted octanol–water partition coefficient (Wildman–Crippen LogP) is 4.51. The van der Waals surface area contributed by atoms with Gasteiger partial charge in [0, 0.05) is 22.9 Å². The van der Waals surface area contributed by atoms with Crippen molar-refractivity contribution in [2.75, 3.05) is 12.1 Å². The van der Waals surface area contributed by atoms with Crippen molar-refractivity contribution in [3.05, 3.63) is 87.8 Å². The van der Waals surface area contributed by atoms with Crippen LogP contribution < -0.4 is 20.5 Å². The van der Waals surface area contributed by atoms with Gasteiger partial charge in [0.05, 0.1) is 22.0 Å². The number of aryl methyl sites for hydroxylation is 1. The maximum Gasteiger partial charge on any atom is 0.269 e. The van der Waals surface area contributed by atoms with Crippen LogP contribution in [0.2, 0.25) is 5.02 Å². The van der Waals surface area contributed by atoms with E-state index in [1.807, 2.05) is 12.1 Å². The summed E-state index contributed by atoms with van der Waals surface area (Å²) in [5, 5.41) is 7.57. The van der Waals surface area contributed by atoms with E-state index >= 15 is 0 Å². The molecule has 0 saturated heterocycles. The Morgan fingerprint density at radius 3 is 2.53 bits per heavy atom. The van der Waals surface area contributed by atoms with E-state index in [0.29, 0.717) is 47.0 Å². The van der Waals surface area contributed by atoms with E-state index in [9.17, 15) is 14.0 Å². The predicted molar refractivity (Wildman–Crippen MR) is 130 cm³/mol. The first-order chi connectivity index (χ1) is 17.4. The minimum atomic E-state index is -0.641. The van der Waals surface area contributed by atoms with E-state index in [-0.39, 0.29) is 28.9 Å². The Hall–Kier alpha value is -4.37. The van der Waals surface area contributed by atoms with Crippen LogP contribution in [-0.2, 0) is 12.8 Å². The topological polar surface area (TPSA) is 108 Å². The van der Waals surface area contributed by atoms with Crippen molar-refractivity contribution in [2.24, 2.45) is 5.73 Å². The smallest absolute Gasteiger partial charge is 0.269 e. The molecule has 6 rings (SSSR count). The zero-order chi connectivity index (χ0) is 25.0. The first-order valence-corrected chi connectivity index (χ1v) is 11.5. The summed E-state index contributed by atoms with van der Waals surface area (Å²) in [6.45, 7) is 0.0684. The van der Waals surface area contributed by atoms with Crippen molar-refractivity contribution in [3.63, 3.8) is 0 Å². The molecule has 180 valence electrons. The van der Waals surface area contributed by atoms with E-state index in [1.165, 1.54) is 12.1 Å². The Morgan fingerprint density at radius 1 is 1.03 bits per heavy atom. The third-order valence-corrected chi connectivity index (χ3v) is 6.57. The van der Waals surface area contributed by atoms with Gasteiger partial charge in [0.15, 0.2) is 17.2 Å². The maximum atomic E-state index is 13.6. The van der Waals surface area contributed by atoms with Crippen molar-refractivity contribution in [1.29, 1.82) is 0 Å². The van der Waals surface area contributed by atoms with E-state index in [0.717, 1.165) is 11.1 Å². The monoisotopic (exact) mass is 504 g/mol. The number of hydrogen-bond acceptors (Lipinski definition) is 5. The van der Waals surface area contributed by atoms with E-state index in [2.05, 4.69) is 10.4 Å². The molecule has 3 aromatic carbocycles. The molecule has 2 amide bonds. The van der Waals surface area contributed by atoms with Gasteiger partial charge in [-0.25, -0.2) is 9.07 Å². The molecule has 1 aromatic heterocycles. The Kier molecular flexibility index (Phi) is 5.15. The number of rotatable bonds is 4. The lowest BCUT2D eigenvalue weighted by Gasteiger charge is -2.20. The molecular weight excluding hydrogens is 487 g/mol. The normalized spacial score (nSPS) is 13.2. The molecule has 0 fully saturated rings. The van der Waals surface area contributed by atoms with Gasteiger partial charge >= 0.3 is 0 Å². The van der Waals surface area contributed by atoms with Crippen LogP contribution in [0.15, 0.2) is 54.6 Å². The van der Waals surface area contributed by atoms with Gasteiger partial charge in [-0.05, 0) is 60.9 Å². The SMILES string of the molecule is NC(=O)c1nn(-c2ccc(F)cc2)c2c1CCc1ccc(NC(=O)c3cc4c(cc3Cl)OCO4)cc1-2. The van der Waals surface area contributed by atoms with Gasteiger partial charge in [-0.15, -0.1) is 0 Å². The Balaban J connectivity index is 1.41. The summed E-state index contributed by atoms with van der Waals surface area (Å²) < 4.78 is 25.8. The van der Waals surface area contributed by atoms with E-state index < -0.39 is 11.8 Å². The molecule has 0 bridgehead atoms. The second-order valence-corrected chi connectivity index (χ2v) is 8.85. The number of fused-ring (bicyclic) bond motifs is 4. The molecule has 2 heterocycles. The van der Waals surface area contributed by atoms with Crippen LogP contribution >= 0.6 is 11.6 Å². The van der Waals surface area contributed by atoms with Crippen LogP contribution in [-0.4, -0.2) is 28.4 Å². The lowest BCUT2D eigenvalue weighted by atomic mass is 9.88. The van der Waals surface area contributed by atoms with Crippen LogP contribution in [0.25, 0.3) is 16.9 Å². The largest absolute Gasteiger partial charge is 0.454 e. The fourth-order valence-electron chi connectivity index (χ4n) is 4.57. The van der Waals surface area contributed by atoms with Crippen LogP contribution in [0, 0.1) is 5.82 Å². The van der Waals surface area contributed by atoms with Crippen molar-refractivity contribution < 1.29 is 23.5 Å². The number of hydrogen-bond donors (Lipinski definition) is 2. The summed E-state index contributed by atoms with van der Waals surface area (Å²) in [6.07, 6.45) is 1.24. The summed E-state index contributed by atoms with van der Waals surface area (Å²) in [7, 11) is 0. The zero-order valence-electron chi connectivity index (χ0n) is 18.7. The molecule has 2 aliphatic rings. The number of amides is 2. The highest BCUT2D eigenvalue weighted by atomic mass is 35.5. The van der Waals surface area contributed by atoms with Crippen LogP contribution in [0.5, 0.6) is 11.5 Å². The van der Waals surface area contributed by atoms with E-state index in [1.54, 1.807) is 35.0 Å². The molecule has 8 nitrogen and oxygen atoms in total. The molecule has 0 unspecified atom stereocenters. The number of carbonyl (C=O) groups excluding carboxylic acids is 2. The summed E-state index contributed by atoms with van der Waals surface area (Å²) >= 11 is 6.30. The number of nitrogens with two attached hydrogens (primary N) is 1. The van der Waals surface area contributed by atoms with Gasteiger partial charge < -0.3 is 20.5 Å². The number of nitrogens with zero attached hydrogens (tertiary/aromatic N) is 2. The second-order valence-electron chi connectivity index (χ2n) is 8.44. The van der Waals surface area contributed by atoms with Crippen molar-refractivity contribution in [1.82, 2.24) is 9.78 Å². The number of anilines is 1. The average Bonchev–Trinajstić information content (AvgIpc) is 3.48. The Labute approximate surface area is 209 Å². The molecule has 3 N–H and O–H groups in total. The minimum Gasteiger partial charge on any atom is -0.454 e. The fraction of sp³-hybridized carbons (Fsp3) is 0.115. The highest BCUT2D eigenvalue weighted by molar-refractivity contribution is 6.34. The standard InChI is InChI=1S/C26H18ClFN4O4/c27-20-11-22-21(35-12-36-22)10-19(20)26(34)30-15-5-1-13-2-8-17-23(25(29)33)31-32(24(17)18(13)9-15)16-6-3-14(28)4-7-16/h1,3-7,9-11H,2,8,12H2,(H2,29,33)(H,30,34). The quantitative estimate of drug-likeness (QED) is 0.425. The highest BCUT2D eigenvalue weighted by Gasteiger charge is 2.29. The highest BCUT2D eigenvalue weighted by Crippen LogP contribution is 2.39. The molecule has 1 aliphatic carbocycles. The number of carbonyl (C=O) groups is 2. The number of ether oxygens (including phenoxy) is 2. The Bertz CT molecular complexity index is 1570. The summed E-state index contributed by atoms with van der Waals surface area (Å²) in [6, 6.07) is 14.4. The maximum absolute atomic E-state index is 13.6. The molecular formula is C26H18ClFN4O4. The van der Waals surface area contributed by atoms with Gasteiger partial charge in [-0.2, -0.15) is 5.10 Å². The van der Waals surface area contributed by atoms with Crippen LogP contribution in [0.3, 0.4) is 0 Å². The molecule has 10 heteroatoms. The van der Waals surface area contributed by atoms with Gasteiger partial charge in [-0.1, -0.05) is 17.7 Å². The lowest BCUT2D eigenvalue weighted by Crippen LogP contribution is -2.16. The molecule has 36 heavy (non-hydrogen) atoms. The number of nitrogens with one attached hydrogen (secondary N) is 1. The van der Waals surface area contributed by atoms with Crippen molar-refractivity contribution in [2.45, 2.75) is 12.8 Å². The van der Waals surface area contributed by atoms with Crippen LogP contribution in [0.4, 0.5) is 10.1 Å².